The molecule has 3 nitrogen and oxygen atoms in total. The second kappa shape index (κ2) is 3.73. The van der Waals surface area contributed by atoms with Crippen LogP contribution < -0.4 is 0 Å². The van der Waals surface area contributed by atoms with E-state index in [0.717, 1.165) is 12.1 Å². The molecule has 1 aliphatic rings. The molecule has 2 N–H and O–H groups in total. The van der Waals surface area contributed by atoms with Gasteiger partial charge < -0.3 is 5.11 Å². The first-order chi connectivity index (χ1) is 6.74. The fraction of sp³-hybridized carbons (Fsp3) is 0.727. The number of aliphatic hydroxyl groups is 1. The van der Waals surface area contributed by atoms with Crippen LogP contribution in [0.15, 0.2) is 0 Å². The van der Waals surface area contributed by atoms with Gasteiger partial charge in [0.05, 0.1) is 5.69 Å². The molecular formula is C11H18N2O. The minimum absolute atomic E-state index is 0.221. The Balaban J connectivity index is 2.30. The Morgan fingerprint density at radius 3 is 2.71 bits per heavy atom. The van der Waals surface area contributed by atoms with E-state index in [1.54, 1.807) is 0 Å². The second-order valence-corrected chi connectivity index (χ2v) is 4.40. The predicted octanol–water partition coefficient (Wildman–Crippen LogP) is 1.95. The normalized spacial score (nSPS) is 16.6. The summed E-state index contributed by atoms with van der Waals surface area (Å²) in [5.74, 6) is 1.14. The van der Waals surface area contributed by atoms with Crippen LogP contribution in [-0.4, -0.2) is 21.9 Å². The number of nitrogens with zero attached hydrogens (tertiary/aromatic N) is 1. The molecule has 0 radical (unpaired) electrons. The summed E-state index contributed by atoms with van der Waals surface area (Å²) >= 11 is 0. The van der Waals surface area contributed by atoms with Crippen molar-refractivity contribution in [2.75, 3.05) is 6.61 Å². The molecule has 2 rings (SSSR count). The third-order valence-corrected chi connectivity index (χ3v) is 2.83. The largest absolute Gasteiger partial charge is 0.396 e. The summed E-state index contributed by atoms with van der Waals surface area (Å²) in [5.41, 5.74) is 3.69. The zero-order chi connectivity index (χ0) is 10.1. The van der Waals surface area contributed by atoms with Gasteiger partial charge in [-0.05, 0) is 30.7 Å². The molecule has 78 valence electrons. The molecule has 0 aromatic carbocycles. The first kappa shape index (κ1) is 9.71. The number of nitrogens with one attached hydrogen (secondary N) is 1. The maximum absolute atomic E-state index is 9.03. The quantitative estimate of drug-likeness (QED) is 0.769. The maximum Gasteiger partial charge on any atom is 0.0683 e. The number of hydrogen-bond acceptors (Lipinski definition) is 2. The van der Waals surface area contributed by atoms with Gasteiger partial charge >= 0.3 is 0 Å². The van der Waals surface area contributed by atoms with Crippen LogP contribution in [-0.2, 0) is 6.42 Å². The van der Waals surface area contributed by atoms with Crippen molar-refractivity contribution in [1.29, 1.82) is 0 Å². The van der Waals surface area contributed by atoms with Crippen LogP contribution in [0.2, 0.25) is 0 Å². The number of aromatic nitrogens is 2. The van der Waals surface area contributed by atoms with Crippen molar-refractivity contribution >= 4 is 0 Å². The molecule has 0 bridgehead atoms. The number of H-pyrrole nitrogens is 1. The van der Waals surface area contributed by atoms with Crippen molar-refractivity contribution in [2.24, 2.45) is 0 Å². The SMILES string of the molecule is CC(C)c1n[nH]c(C2CC2)c1CCO. The third kappa shape index (κ3) is 1.69. The summed E-state index contributed by atoms with van der Waals surface area (Å²) in [6, 6.07) is 0. The van der Waals surface area contributed by atoms with E-state index in [-0.39, 0.29) is 6.61 Å². The number of aromatic amines is 1. The summed E-state index contributed by atoms with van der Waals surface area (Å²) in [4.78, 5) is 0. The Kier molecular flexibility index (Phi) is 2.59. The molecule has 1 aliphatic carbocycles. The molecule has 1 fully saturated rings. The van der Waals surface area contributed by atoms with E-state index in [4.69, 9.17) is 5.11 Å². The zero-order valence-corrected chi connectivity index (χ0v) is 8.88. The third-order valence-electron chi connectivity index (χ3n) is 2.83. The van der Waals surface area contributed by atoms with Crippen LogP contribution in [0.5, 0.6) is 0 Å². The summed E-state index contributed by atoms with van der Waals surface area (Å²) in [5, 5.41) is 16.5. The average Bonchev–Trinajstić information content (AvgIpc) is 2.89. The Morgan fingerprint density at radius 2 is 2.21 bits per heavy atom. The molecule has 0 aliphatic heterocycles. The molecule has 14 heavy (non-hydrogen) atoms. The fourth-order valence-electron chi connectivity index (χ4n) is 1.96. The second-order valence-electron chi connectivity index (χ2n) is 4.40. The highest BCUT2D eigenvalue weighted by Gasteiger charge is 2.29. The lowest BCUT2D eigenvalue weighted by Gasteiger charge is -2.05. The van der Waals surface area contributed by atoms with E-state index in [1.165, 1.54) is 24.1 Å². The van der Waals surface area contributed by atoms with E-state index in [0.29, 0.717) is 11.8 Å². The van der Waals surface area contributed by atoms with Crippen molar-refractivity contribution in [2.45, 2.75) is 44.9 Å². The van der Waals surface area contributed by atoms with Gasteiger partial charge in [-0.15, -0.1) is 0 Å². The molecule has 3 heteroatoms. The smallest absolute Gasteiger partial charge is 0.0683 e. The van der Waals surface area contributed by atoms with Gasteiger partial charge in [0, 0.05) is 18.2 Å². The van der Waals surface area contributed by atoms with Crippen LogP contribution >= 0.6 is 0 Å². The first-order valence-electron chi connectivity index (χ1n) is 5.42. The lowest BCUT2D eigenvalue weighted by atomic mass is 10.00. The van der Waals surface area contributed by atoms with Gasteiger partial charge in [0.2, 0.25) is 0 Å². The molecule has 1 aromatic heterocycles. The Morgan fingerprint density at radius 1 is 1.50 bits per heavy atom. The van der Waals surface area contributed by atoms with Gasteiger partial charge in [-0.2, -0.15) is 5.10 Å². The maximum atomic E-state index is 9.03. The molecule has 0 amide bonds. The molecule has 0 unspecified atom stereocenters. The average molecular weight is 194 g/mol. The minimum atomic E-state index is 0.221. The summed E-state index contributed by atoms with van der Waals surface area (Å²) < 4.78 is 0. The van der Waals surface area contributed by atoms with Gasteiger partial charge in [0.25, 0.3) is 0 Å². The van der Waals surface area contributed by atoms with Crippen molar-refractivity contribution in [3.05, 3.63) is 17.0 Å². The molecule has 0 saturated heterocycles. The Bertz CT molecular complexity index is 294. The molecule has 1 heterocycles. The van der Waals surface area contributed by atoms with Crippen molar-refractivity contribution in [3.8, 4) is 0 Å². The number of aliphatic hydroxyl groups excluding tert-OH is 1. The van der Waals surface area contributed by atoms with Crippen LogP contribution in [0.1, 0.15) is 55.5 Å². The first-order valence-corrected chi connectivity index (χ1v) is 5.42. The molecular weight excluding hydrogens is 176 g/mol. The van der Waals surface area contributed by atoms with Crippen molar-refractivity contribution in [3.63, 3.8) is 0 Å². The minimum Gasteiger partial charge on any atom is -0.396 e. The summed E-state index contributed by atoms with van der Waals surface area (Å²) in [6.07, 6.45) is 3.30. The standard InChI is InChI=1S/C11H18N2O/c1-7(2)10-9(5-6-14)11(13-12-10)8-3-4-8/h7-8,14H,3-6H2,1-2H3,(H,12,13). The Hall–Kier alpha value is -0.830. The summed E-state index contributed by atoms with van der Waals surface area (Å²) in [6.45, 7) is 4.51. The van der Waals surface area contributed by atoms with Gasteiger partial charge in [-0.3, -0.25) is 5.10 Å². The van der Waals surface area contributed by atoms with E-state index in [1.807, 2.05) is 0 Å². The van der Waals surface area contributed by atoms with Crippen LogP contribution in [0, 0.1) is 0 Å². The van der Waals surface area contributed by atoms with Crippen LogP contribution in [0.25, 0.3) is 0 Å². The van der Waals surface area contributed by atoms with E-state index < -0.39 is 0 Å². The van der Waals surface area contributed by atoms with Crippen LogP contribution in [0.3, 0.4) is 0 Å². The van der Waals surface area contributed by atoms with Gasteiger partial charge in [0.15, 0.2) is 0 Å². The molecule has 1 saturated carbocycles. The summed E-state index contributed by atoms with van der Waals surface area (Å²) in [7, 11) is 0. The highest BCUT2D eigenvalue weighted by Crippen LogP contribution is 2.42. The van der Waals surface area contributed by atoms with Crippen molar-refractivity contribution in [1.82, 2.24) is 10.2 Å². The fourth-order valence-corrected chi connectivity index (χ4v) is 1.96. The lowest BCUT2D eigenvalue weighted by molar-refractivity contribution is 0.299. The van der Waals surface area contributed by atoms with Gasteiger partial charge in [-0.25, -0.2) is 0 Å². The van der Waals surface area contributed by atoms with E-state index in [9.17, 15) is 0 Å². The number of rotatable bonds is 4. The van der Waals surface area contributed by atoms with E-state index in [2.05, 4.69) is 24.0 Å². The monoisotopic (exact) mass is 194 g/mol. The van der Waals surface area contributed by atoms with E-state index >= 15 is 0 Å². The predicted molar refractivity (Wildman–Crippen MR) is 55.4 cm³/mol. The van der Waals surface area contributed by atoms with Crippen molar-refractivity contribution < 1.29 is 5.11 Å². The van der Waals surface area contributed by atoms with Gasteiger partial charge in [0.1, 0.15) is 0 Å². The molecule has 0 spiro atoms. The Labute approximate surface area is 84.5 Å². The van der Waals surface area contributed by atoms with Crippen LogP contribution in [0.4, 0.5) is 0 Å². The highest BCUT2D eigenvalue weighted by atomic mass is 16.2. The lowest BCUT2D eigenvalue weighted by Crippen LogP contribution is -1.99. The highest BCUT2D eigenvalue weighted by molar-refractivity contribution is 5.32. The molecule has 1 aromatic rings. The topological polar surface area (TPSA) is 48.9 Å². The molecule has 0 atom stereocenters. The van der Waals surface area contributed by atoms with Gasteiger partial charge in [-0.1, -0.05) is 13.8 Å². The zero-order valence-electron chi connectivity index (χ0n) is 8.88. The number of hydrogen-bond donors (Lipinski definition) is 2.